The number of ether oxygens (including phenoxy) is 2. The number of hydrogen-bond donors (Lipinski definition) is 2. The molecule has 0 rings (SSSR count). The van der Waals surface area contributed by atoms with Gasteiger partial charge in [0.05, 0.1) is 13.2 Å². The van der Waals surface area contributed by atoms with Crippen LogP contribution < -0.4 is 5.32 Å². The van der Waals surface area contributed by atoms with Crippen LogP contribution in [-0.4, -0.2) is 76.2 Å². The van der Waals surface area contributed by atoms with Gasteiger partial charge in [0.2, 0.25) is 9.76 Å². The molecule has 9 nitrogen and oxygen atoms in total. The third-order valence-electron chi connectivity index (χ3n) is 4.02. The normalized spacial score (nSPS) is 14.7. The monoisotopic (exact) mass is 496 g/mol. The average Bonchev–Trinajstić information content (AvgIpc) is 2.69. The van der Waals surface area contributed by atoms with Gasteiger partial charge in [-0.2, -0.15) is 0 Å². The molecule has 2 radical (unpaired) electrons. The molecular formula is C24H40N2O7Si. The van der Waals surface area contributed by atoms with Crippen LogP contribution in [-0.2, 0) is 23.5 Å². The summed E-state index contributed by atoms with van der Waals surface area (Å²) >= 11 is 0. The molecule has 0 saturated carbocycles. The summed E-state index contributed by atoms with van der Waals surface area (Å²) in [6.07, 6.45) is 6.27. The highest BCUT2D eigenvalue weighted by atomic mass is 28.2. The number of methoxy groups -OCH3 is 1. The molecule has 0 fully saturated rings. The van der Waals surface area contributed by atoms with E-state index in [9.17, 15) is 19.5 Å². The largest absolute Gasteiger partial charge is 0.508 e. The van der Waals surface area contributed by atoms with Gasteiger partial charge in [-0.25, -0.2) is 9.59 Å². The molecule has 0 bridgehead atoms. The van der Waals surface area contributed by atoms with Crippen molar-refractivity contribution in [3.8, 4) is 0 Å². The molecule has 2 atom stereocenters. The number of carbonyl (C=O) groups excluding carboxylic acids is 3. The molecule has 10 heteroatoms. The lowest BCUT2D eigenvalue weighted by Gasteiger charge is -2.33. The van der Waals surface area contributed by atoms with Gasteiger partial charge in [0.1, 0.15) is 11.4 Å². The van der Waals surface area contributed by atoms with Crippen LogP contribution in [0.25, 0.3) is 0 Å². The fraction of sp³-hybridized carbons (Fsp3) is 0.625. The minimum atomic E-state index is -1.10. The van der Waals surface area contributed by atoms with Crippen LogP contribution in [0.2, 0.25) is 5.04 Å². The zero-order valence-corrected chi connectivity index (χ0v) is 22.8. The van der Waals surface area contributed by atoms with E-state index < -0.39 is 35.7 Å². The third kappa shape index (κ3) is 13.8. The van der Waals surface area contributed by atoms with Crippen molar-refractivity contribution in [1.29, 1.82) is 0 Å². The molecule has 0 heterocycles. The Hall–Kier alpha value is -2.59. The second kappa shape index (κ2) is 14.6. The van der Waals surface area contributed by atoms with E-state index >= 15 is 0 Å². The van der Waals surface area contributed by atoms with Crippen molar-refractivity contribution in [2.45, 2.75) is 77.7 Å². The summed E-state index contributed by atoms with van der Waals surface area (Å²) in [7, 11) is 2.67. The van der Waals surface area contributed by atoms with Gasteiger partial charge in [0.25, 0.3) is 5.91 Å². The van der Waals surface area contributed by atoms with E-state index in [0.717, 1.165) is 11.0 Å². The van der Waals surface area contributed by atoms with Crippen LogP contribution in [0, 0.1) is 0 Å². The summed E-state index contributed by atoms with van der Waals surface area (Å²) in [6.45, 7) is 13.2. The highest BCUT2D eigenvalue weighted by Crippen LogP contribution is 2.23. The number of amides is 2. The molecule has 0 unspecified atom stereocenters. The van der Waals surface area contributed by atoms with Crippen LogP contribution in [0.1, 0.15) is 54.9 Å². The van der Waals surface area contributed by atoms with Crippen molar-refractivity contribution in [1.82, 2.24) is 10.2 Å². The van der Waals surface area contributed by atoms with E-state index in [1.165, 1.54) is 20.2 Å². The summed E-state index contributed by atoms with van der Waals surface area (Å²) in [5, 5.41) is 12.5. The Morgan fingerprint density at radius 2 is 1.74 bits per heavy atom. The topological polar surface area (TPSA) is 114 Å². The van der Waals surface area contributed by atoms with Gasteiger partial charge < -0.3 is 29.2 Å². The van der Waals surface area contributed by atoms with Crippen molar-refractivity contribution in [3.05, 3.63) is 36.1 Å². The fourth-order valence-electron chi connectivity index (χ4n) is 2.52. The molecule has 0 aromatic rings. The van der Waals surface area contributed by atoms with Gasteiger partial charge >= 0.3 is 12.1 Å². The molecule has 192 valence electrons. The molecule has 2 N–H and O–H groups in total. The first kappa shape index (κ1) is 31.4. The molecule has 2 amide bonds. The number of nitrogens with one attached hydrogen (secondary N) is 1. The second-order valence-electron chi connectivity index (χ2n) is 9.60. The van der Waals surface area contributed by atoms with E-state index in [4.69, 9.17) is 13.9 Å². The maximum absolute atomic E-state index is 12.8. The number of esters is 1. The van der Waals surface area contributed by atoms with Gasteiger partial charge in [-0.1, -0.05) is 39.0 Å². The highest BCUT2D eigenvalue weighted by Gasteiger charge is 2.36. The number of likely N-dealkylation sites (N-methyl/N-ethyl adjacent to an activating group) is 1. The van der Waals surface area contributed by atoms with Crippen molar-refractivity contribution in [2.24, 2.45) is 0 Å². The Kier molecular flexibility index (Phi) is 13.5. The van der Waals surface area contributed by atoms with Crippen molar-refractivity contribution < 1.29 is 33.4 Å². The Bertz CT molecular complexity index is 764. The Labute approximate surface area is 206 Å². The molecule has 0 aliphatic carbocycles. The van der Waals surface area contributed by atoms with Crippen molar-refractivity contribution in [2.75, 3.05) is 20.7 Å². The van der Waals surface area contributed by atoms with E-state index in [2.05, 4.69) is 5.32 Å². The summed E-state index contributed by atoms with van der Waals surface area (Å²) in [5.74, 6) is -1.54. The maximum atomic E-state index is 12.8. The molecule has 34 heavy (non-hydrogen) atoms. The molecular weight excluding hydrogens is 456 g/mol. The Morgan fingerprint density at radius 3 is 2.24 bits per heavy atom. The second-order valence-corrected chi connectivity index (χ2v) is 11.5. The Morgan fingerprint density at radius 1 is 1.12 bits per heavy atom. The van der Waals surface area contributed by atoms with Gasteiger partial charge in [-0.15, -0.1) is 0 Å². The van der Waals surface area contributed by atoms with E-state index in [1.807, 2.05) is 27.7 Å². The number of aliphatic hydroxyl groups excluding tert-OH is 1. The van der Waals surface area contributed by atoms with Gasteiger partial charge in [0, 0.05) is 19.7 Å². The standard InChI is InChI=1S/C24H40N2O7Si/c1-10-11-12-13-17(27)16-19(28)26(8)20(21(29)31-9)18(33-34-24(5,6)7)14-15-25-22(30)32-23(2,3)4/h10-13,16,18,20,27H,14-15H2,1-9H3,(H,25,30)/b11-10+,13-12+,17-16-/t18-,20-/m0/s1. The van der Waals surface area contributed by atoms with E-state index in [-0.39, 0.29) is 33.5 Å². The smallest absolute Gasteiger partial charge is 0.407 e. The number of hydrogen-bond acceptors (Lipinski definition) is 7. The van der Waals surface area contributed by atoms with E-state index in [1.54, 1.807) is 39.0 Å². The lowest BCUT2D eigenvalue weighted by molar-refractivity contribution is -0.154. The first-order chi connectivity index (χ1) is 15.6. The number of carbonyl (C=O) groups is 3. The number of aliphatic hydroxyl groups is 1. The molecule has 0 spiro atoms. The quantitative estimate of drug-likeness (QED) is 0.147. The van der Waals surface area contributed by atoms with Crippen LogP contribution >= 0.6 is 0 Å². The number of allylic oxidation sites excluding steroid dienone is 4. The average molecular weight is 497 g/mol. The fourth-order valence-corrected chi connectivity index (χ4v) is 3.27. The van der Waals surface area contributed by atoms with E-state index in [0.29, 0.717) is 0 Å². The van der Waals surface area contributed by atoms with Crippen LogP contribution in [0.3, 0.4) is 0 Å². The van der Waals surface area contributed by atoms with Crippen LogP contribution in [0.4, 0.5) is 4.79 Å². The Balaban J connectivity index is 5.71. The first-order valence-corrected chi connectivity index (χ1v) is 12.0. The first-order valence-electron chi connectivity index (χ1n) is 11.1. The van der Waals surface area contributed by atoms with Crippen LogP contribution in [0.15, 0.2) is 36.1 Å². The lowest BCUT2D eigenvalue weighted by Crippen LogP contribution is -2.52. The summed E-state index contributed by atoms with van der Waals surface area (Å²) < 4.78 is 16.3. The predicted molar refractivity (Wildman–Crippen MR) is 132 cm³/mol. The molecule has 0 aromatic carbocycles. The molecule has 0 aliphatic rings. The number of nitrogens with zero attached hydrogens (tertiary/aromatic N) is 1. The molecule has 0 saturated heterocycles. The number of alkyl carbamates (subject to hydrolysis) is 1. The highest BCUT2D eigenvalue weighted by molar-refractivity contribution is 6.31. The minimum Gasteiger partial charge on any atom is -0.508 e. The lowest BCUT2D eigenvalue weighted by atomic mass is 10.1. The van der Waals surface area contributed by atoms with Gasteiger partial charge in [-0.3, -0.25) is 4.79 Å². The third-order valence-corrected chi connectivity index (χ3v) is 5.05. The van der Waals surface area contributed by atoms with Gasteiger partial charge in [-0.05, 0) is 45.2 Å². The summed E-state index contributed by atoms with van der Waals surface area (Å²) in [6, 6.07) is -1.10. The molecule has 0 aliphatic heterocycles. The SMILES string of the molecule is C/C=C/C=C/C(O)=C/C(=O)N(C)[C@H](C(=O)OC)[C@H](CCNC(=O)OC(C)(C)C)O[Si]C(C)(C)C. The minimum absolute atomic E-state index is 0.0145. The zero-order valence-electron chi connectivity index (χ0n) is 21.8. The summed E-state index contributed by atoms with van der Waals surface area (Å²) in [5.41, 5.74) is -0.648. The maximum Gasteiger partial charge on any atom is 0.407 e. The van der Waals surface area contributed by atoms with Crippen molar-refractivity contribution >= 4 is 27.7 Å². The van der Waals surface area contributed by atoms with Crippen molar-refractivity contribution in [3.63, 3.8) is 0 Å². The number of rotatable bonds is 11. The van der Waals surface area contributed by atoms with Gasteiger partial charge in [0.15, 0.2) is 6.04 Å². The predicted octanol–water partition coefficient (Wildman–Crippen LogP) is 3.70. The van der Waals surface area contributed by atoms with Crippen LogP contribution in [0.5, 0.6) is 0 Å². The summed E-state index contributed by atoms with van der Waals surface area (Å²) in [4.78, 5) is 38.6. The molecule has 0 aromatic heterocycles. The zero-order chi connectivity index (χ0) is 26.5.